The van der Waals surface area contributed by atoms with Gasteiger partial charge in [0, 0.05) is 6.54 Å². The summed E-state index contributed by atoms with van der Waals surface area (Å²) in [6, 6.07) is 0. The molecule has 1 fully saturated rings. The first-order valence-corrected chi connectivity index (χ1v) is 5.65. The molecule has 88 valence electrons. The van der Waals surface area contributed by atoms with Crippen LogP contribution < -0.4 is 10.6 Å². The Bertz CT molecular complexity index is 233. The summed E-state index contributed by atoms with van der Waals surface area (Å²) < 4.78 is 0. The van der Waals surface area contributed by atoms with Gasteiger partial charge in [-0.15, -0.1) is 0 Å². The number of amides is 1. The van der Waals surface area contributed by atoms with Crippen LogP contribution in [0.1, 0.15) is 40.0 Å². The van der Waals surface area contributed by atoms with Crippen molar-refractivity contribution in [3.8, 4) is 0 Å². The average molecular weight is 214 g/mol. The molecule has 1 aliphatic heterocycles. The van der Waals surface area contributed by atoms with Gasteiger partial charge in [0.2, 0.25) is 5.91 Å². The summed E-state index contributed by atoms with van der Waals surface area (Å²) in [6.45, 7) is 6.77. The molecule has 0 aromatic carbocycles. The predicted octanol–water partition coefficient (Wildman–Crippen LogP) is 0.406. The van der Waals surface area contributed by atoms with Crippen molar-refractivity contribution in [1.29, 1.82) is 0 Å². The van der Waals surface area contributed by atoms with Crippen LogP contribution in [0.15, 0.2) is 0 Å². The van der Waals surface area contributed by atoms with Gasteiger partial charge in [-0.2, -0.15) is 0 Å². The summed E-state index contributed by atoms with van der Waals surface area (Å²) in [5, 5.41) is 15.8. The normalized spacial score (nSPS) is 29.9. The van der Waals surface area contributed by atoms with Gasteiger partial charge in [0.15, 0.2) is 0 Å². The Labute approximate surface area is 91.4 Å². The molecule has 1 aliphatic rings. The van der Waals surface area contributed by atoms with Crippen LogP contribution in [0.3, 0.4) is 0 Å². The average Bonchev–Trinajstić information content (AvgIpc) is 2.63. The fraction of sp³-hybridized carbons (Fsp3) is 0.909. The minimum Gasteiger partial charge on any atom is -0.388 e. The van der Waals surface area contributed by atoms with Gasteiger partial charge in [-0.1, -0.05) is 6.92 Å². The van der Waals surface area contributed by atoms with E-state index >= 15 is 0 Å². The molecular formula is C11H22N2O2. The Morgan fingerprint density at radius 1 is 1.67 bits per heavy atom. The second-order valence-corrected chi connectivity index (χ2v) is 4.90. The van der Waals surface area contributed by atoms with E-state index in [0.29, 0.717) is 13.0 Å². The summed E-state index contributed by atoms with van der Waals surface area (Å²) in [4.78, 5) is 11.8. The second kappa shape index (κ2) is 4.49. The lowest BCUT2D eigenvalue weighted by Gasteiger charge is -2.27. The summed E-state index contributed by atoms with van der Waals surface area (Å²) in [5.41, 5.74) is -1.24. The molecule has 1 saturated heterocycles. The van der Waals surface area contributed by atoms with E-state index in [4.69, 9.17) is 0 Å². The van der Waals surface area contributed by atoms with Crippen LogP contribution in [0, 0.1) is 0 Å². The Balaban J connectivity index is 2.42. The Kier molecular flexibility index (Phi) is 3.73. The first kappa shape index (κ1) is 12.5. The van der Waals surface area contributed by atoms with Crippen LogP contribution in [-0.4, -0.2) is 35.2 Å². The highest BCUT2D eigenvalue weighted by atomic mass is 16.3. The first-order valence-electron chi connectivity index (χ1n) is 5.65. The summed E-state index contributed by atoms with van der Waals surface area (Å²) >= 11 is 0. The monoisotopic (exact) mass is 214 g/mol. The van der Waals surface area contributed by atoms with Crippen molar-refractivity contribution >= 4 is 5.91 Å². The lowest BCUT2D eigenvalue weighted by molar-refractivity contribution is -0.127. The van der Waals surface area contributed by atoms with Crippen molar-refractivity contribution in [2.75, 3.05) is 13.1 Å². The highest BCUT2D eigenvalue weighted by Crippen LogP contribution is 2.18. The summed E-state index contributed by atoms with van der Waals surface area (Å²) in [6.07, 6.45) is 2.54. The van der Waals surface area contributed by atoms with Crippen molar-refractivity contribution in [2.45, 2.75) is 51.2 Å². The lowest BCUT2D eigenvalue weighted by Crippen LogP contribution is -2.54. The van der Waals surface area contributed by atoms with Gasteiger partial charge in [-0.3, -0.25) is 4.79 Å². The van der Waals surface area contributed by atoms with E-state index in [1.807, 2.05) is 13.8 Å². The molecule has 3 N–H and O–H groups in total. The molecular weight excluding hydrogens is 192 g/mol. The maximum atomic E-state index is 11.8. The second-order valence-electron chi connectivity index (χ2n) is 4.90. The number of carbonyl (C=O) groups excluding carboxylic acids is 1. The van der Waals surface area contributed by atoms with E-state index in [2.05, 4.69) is 10.6 Å². The standard InChI is InChI=1S/C11H22N2O2/c1-4-10(2,15)8-12-9(14)11(3)6-5-7-13-11/h13,15H,4-8H2,1-3H3,(H,12,14). The fourth-order valence-electron chi connectivity index (χ4n) is 1.68. The maximum absolute atomic E-state index is 11.8. The molecule has 2 unspecified atom stereocenters. The predicted molar refractivity (Wildman–Crippen MR) is 59.6 cm³/mol. The van der Waals surface area contributed by atoms with Gasteiger partial charge in [0.1, 0.15) is 0 Å². The van der Waals surface area contributed by atoms with E-state index < -0.39 is 11.1 Å². The molecule has 2 atom stereocenters. The third kappa shape index (κ3) is 3.18. The third-order valence-electron chi connectivity index (χ3n) is 3.26. The zero-order valence-electron chi connectivity index (χ0n) is 9.89. The number of hydrogen-bond acceptors (Lipinski definition) is 3. The largest absolute Gasteiger partial charge is 0.388 e. The molecule has 4 heteroatoms. The maximum Gasteiger partial charge on any atom is 0.240 e. The number of hydrogen-bond donors (Lipinski definition) is 3. The van der Waals surface area contributed by atoms with Crippen LogP contribution in [0.25, 0.3) is 0 Å². The van der Waals surface area contributed by atoms with E-state index in [9.17, 15) is 9.90 Å². The summed E-state index contributed by atoms with van der Waals surface area (Å²) in [7, 11) is 0. The first-order chi connectivity index (χ1) is 6.90. The number of aliphatic hydroxyl groups is 1. The molecule has 0 spiro atoms. The van der Waals surface area contributed by atoms with Gasteiger partial charge in [0.25, 0.3) is 0 Å². The highest BCUT2D eigenvalue weighted by molar-refractivity contribution is 5.86. The molecule has 0 bridgehead atoms. The van der Waals surface area contributed by atoms with Crippen LogP contribution in [0.5, 0.6) is 0 Å². The SMILES string of the molecule is CCC(C)(O)CNC(=O)C1(C)CCCN1. The van der Waals surface area contributed by atoms with Crippen molar-refractivity contribution in [3.05, 3.63) is 0 Å². The van der Waals surface area contributed by atoms with Crippen LogP contribution in [0.4, 0.5) is 0 Å². The topological polar surface area (TPSA) is 61.4 Å². The quantitative estimate of drug-likeness (QED) is 0.635. The smallest absolute Gasteiger partial charge is 0.240 e. The molecule has 0 aromatic heterocycles. The zero-order valence-corrected chi connectivity index (χ0v) is 9.89. The van der Waals surface area contributed by atoms with Gasteiger partial charge < -0.3 is 15.7 Å². The molecule has 1 heterocycles. The van der Waals surface area contributed by atoms with Crippen molar-refractivity contribution < 1.29 is 9.90 Å². The molecule has 0 aromatic rings. The van der Waals surface area contributed by atoms with E-state index in [0.717, 1.165) is 19.4 Å². The van der Waals surface area contributed by atoms with Crippen molar-refractivity contribution in [3.63, 3.8) is 0 Å². The third-order valence-corrected chi connectivity index (χ3v) is 3.26. The van der Waals surface area contributed by atoms with Gasteiger partial charge in [-0.05, 0) is 39.7 Å². The molecule has 15 heavy (non-hydrogen) atoms. The number of rotatable bonds is 4. The molecule has 0 radical (unpaired) electrons. The Morgan fingerprint density at radius 2 is 2.33 bits per heavy atom. The highest BCUT2D eigenvalue weighted by Gasteiger charge is 2.36. The van der Waals surface area contributed by atoms with Gasteiger partial charge in [0.05, 0.1) is 11.1 Å². The zero-order chi connectivity index (χ0) is 11.5. The van der Waals surface area contributed by atoms with Crippen LogP contribution in [-0.2, 0) is 4.79 Å². The Hall–Kier alpha value is -0.610. The summed E-state index contributed by atoms with van der Waals surface area (Å²) in [5.74, 6) is -0.00581. The van der Waals surface area contributed by atoms with E-state index in [-0.39, 0.29) is 5.91 Å². The van der Waals surface area contributed by atoms with Gasteiger partial charge >= 0.3 is 0 Å². The van der Waals surface area contributed by atoms with Crippen LogP contribution >= 0.6 is 0 Å². The fourth-order valence-corrected chi connectivity index (χ4v) is 1.68. The number of nitrogens with one attached hydrogen (secondary N) is 2. The molecule has 0 saturated carbocycles. The van der Waals surface area contributed by atoms with E-state index in [1.165, 1.54) is 0 Å². The Morgan fingerprint density at radius 3 is 2.80 bits per heavy atom. The molecule has 1 amide bonds. The lowest BCUT2D eigenvalue weighted by atomic mass is 9.98. The van der Waals surface area contributed by atoms with Gasteiger partial charge in [-0.25, -0.2) is 0 Å². The molecule has 1 rings (SSSR count). The molecule has 4 nitrogen and oxygen atoms in total. The minimum atomic E-state index is -0.801. The van der Waals surface area contributed by atoms with E-state index in [1.54, 1.807) is 6.92 Å². The molecule has 0 aliphatic carbocycles. The van der Waals surface area contributed by atoms with Crippen molar-refractivity contribution in [1.82, 2.24) is 10.6 Å². The number of carbonyl (C=O) groups is 1. The van der Waals surface area contributed by atoms with Crippen molar-refractivity contribution in [2.24, 2.45) is 0 Å². The van der Waals surface area contributed by atoms with Crippen LogP contribution in [0.2, 0.25) is 0 Å². The minimum absolute atomic E-state index is 0.00581.